The summed E-state index contributed by atoms with van der Waals surface area (Å²) in [4.78, 5) is 15.6. The number of methoxy groups -OCH3 is 1. The van der Waals surface area contributed by atoms with Crippen molar-refractivity contribution < 1.29 is 22.7 Å². The maximum atomic E-state index is 13.4. The minimum atomic E-state index is -3.51. The normalized spacial score (nSPS) is 20.6. The molecule has 1 fully saturated rings. The van der Waals surface area contributed by atoms with E-state index in [1.165, 1.54) is 0 Å². The van der Waals surface area contributed by atoms with Gasteiger partial charge in [0.2, 0.25) is 0 Å². The summed E-state index contributed by atoms with van der Waals surface area (Å²) in [5.41, 5.74) is 2.24. The predicted molar refractivity (Wildman–Crippen MR) is 119 cm³/mol. The van der Waals surface area contributed by atoms with Crippen LogP contribution in [0.3, 0.4) is 0 Å². The van der Waals surface area contributed by atoms with Crippen molar-refractivity contribution in [2.24, 2.45) is 0 Å². The number of allylic oxidation sites excluding steroid dienone is 3. The van der Waals surface area contributed by atoms with Crippen LogP contribution < -0.4 is 0 Å². The van der Waals surface area contributed by atoms with Gasteiger partial charge in [0.05, 0.1) is 35.6 Å². The molecule has 1 saturated heterocycles. The molecule has 1 aromatic rings. The van der Waals surface area contributed by atoms with E-state index in [-0.39, 0.29) is 23.4 Å². The number of sulfone groups is 1. The van der Waals surface area contributed by atoms with Crippen molar-refractivity contribution in [1.82, 2.24) is 14.7 Å². The van der Waals surface area contributed by atoms with Crippen LogP contribution in [-0.4, -0.2) is 68.5 Å². The number of nitrogens with zero attached hydrogens (tertiary/aromatic N) is 3. The topological polar surface area (TPSA) is 90.7 Å². The Kier molecular flexibility index (Phi) is 7.72. The average Bonchev–Trinajstić information content (AvgIpc) is 3.08. The highest BCUT2D eigenvalue weighted by Gasteiger charge is 2.37. The number of morpholine rings is 1. The fourth-order valence-electron chi connectivity index (χ4n) is 4.28. The molecule has 1 aromatic heterocycles. The highest BCUT2D eigenvalue weighted by atomic mass is 32.2. The molecular formula is C22H33N3O5S. The van der Waals surface area contributed by atoms with Crippen LogP contribution in [0.1, 0.15) is 61.3 Å². The van der Waals surface area contributed by atoms with Crippen molar-refractivity contribution in [3.8, 4) is 0 Å². The minimum absolute atomic E-state index is 0.0799. The van der Waals surface area contributed by atoms with Crippen molar-refractivity contribution in [2.75, 3.05) is 33.5 Å². The van der Waals surface area contributed by atoms with Gasteiger partial charge in [-0.3, -0.25) is 9.48 Å². The van der Waals surface area contributed by atoms with Crippen LogP contribution in [0.5, 0.6) is 0 Å². The van der Waals surface area contributed by atoms with Crippen molar-refractivity contribution >= 4 is 21.3 Å². The second kappa shape index (κ2) is 10.1. The number of rotatable bonds is 9. The molecule has 1 unspecified atom stereocenters. The molecule has 3 heterocycles. The van der Waals surface area contributed by atoms with Gasteiger partial charge in [0.1, 0.15) is 0 Å². The zero-order chi connectivity index (χ0) is 22.6. The molecule has 0 aromatic carbocycles. The third-order valence-electron chi connectivity index (χ3n) is 5.91. The number of aryl methyl sites for hydroxylation is 1. The van der Waals surface area contributed by atoms with Gasteiger partial charge in [0, 0.05) is 32.4 Å². The van der Waals surface area contributed by atoms with Gasteiger partial charge >= 0.3 is 0 Å². The maximum Gasteiger partial charge on any atom is 0.275 e. The van der Waals surface area contributed by atoms with Crippen LogP contribution in [0.15, 0.2) is 17.6 Å². The monoisotopic (exact) mass is 451 g/mol. The van der Waals surface area contributed by atoms with E-state index in [9.17, 15) is 13.2 Å². The van der Waals surface area contributed by atoms with Crippen LogP contribution in [0.4, 0.5) is 0 Å². The van der Waals surface area contributed by atoms with Crippen molar-refractivity contribution in [1.29, 1.82) is 0 Å². The van der Waals surface area contributed by atoms with Crippen molar-refractivity contribution in [3.05, 3.63) is 34.5 Å². The van der Waals surface area contributed by atoms with Crippen LogP contribution in [-0.2, 0) is 31.6 Å². The quantitative estimate of drug-likeness (QED) is 0.424. The van der Waals surface area contributed by atoms with Crippen LogP contribution in [0, 0.1) is 0 Å². The lowest BCUT2D eigenvalue weighted by Gasteiger charge is -2.33. The molecule has 0 radical (unpaired) electrons. The van der Waals surface area contributed by atoms with Crippen molar-refractivity contribution in [2.45, 2.75) is 57.9 Å². The lowest BCUT2D eigenvalue weighted by molar-refractivity contribution is 0.00318. The Bertz CT molecular complexity index is 964. The number of hydrogen-bond acceptors (Lipinski definition) is 6. The number of hydrogen-bond donors (Lipinski definition) is 0. The molecule has 2 aliphatic heterocycles. The molecule has 172 valence electrons. The SMILES string of the molecule is C=CCCC1=C(C)c2c(c(C(=O)N3CCOCC3C)nn2CCCCOC)CS1(=O)=O. The Morgan fingerprint density at radius 3 is 2.84 bits per heavy atom. The van der Waals surface area contributed by atoms with E-state index in [1.54, 1.807) is 18.1 Å². The third-order valence-corrected chi connectivity index (χ3v) is 7.84. The number of carbonyl (C=O) groups is 1. The van der Waals surface area contributed by atoms with E-state index < -0.39 is 9.84 Å². The summed E-state index contributed by atoms with van der Waals surface area (Å²) in [5, 5.41) is 4.65. The van der Waals surface area contributed by atoms with E-state index in [0.29, 0.717) is 61.8 Å². The van der Waals surface area contributed by atoms with Gasteiger partial charge in [-0.05, 0) is 45.1 Å². The first-order valence-electron chi connectivity index (χ1n) is 10.8. The van der Waals surface area contributed by atoms with Gasteiger partial charge in [0.15, 0.2) is 15.5 Å². The molecule has 31 heavy (non-hydrogen) atoms. The first-order valence-corrected chi connectivity index (χ1v) is 12.5. The summed E-state index contributed by atoms with van der Waals surface area (Å²) < 4.78 is 38.6. The van der Waals surface area contributed by atoms with E-state index in [0.717, 1.165) is 18.5 Å². The second-order valence-electron chi connectivity index (χ2n) is 8.16. The lowest BCUT2D eigenvalue weighted by atomic mass is 10.0. The molecule has 9 heteroatoms. The van der Waals surface area contributed by atoms with E-state index >= 15 is 0 Å². The first-order chi connectivity index (χ1) is 14.8. The summed E-state index contributed by atoms with van der Waals surface area (Å²) in [5.74, 6) is -0.412. The summed E-state index contributed by atoms with van der Waals surface area (Å²) in [6.45, 7) is 10.1. The van der Waals surface area contributed by atoms with Gasteiger partial charge < -0.3 is 14.4 Å². The second-order valence-corrected chi connectivity index (χ2v) is 10.2. The van der Waals surface area contributed by atoms with Crippen LogP contribution >= 0.6 is 0 Å². The Labute approximate surface area is 184 Å². The summed E-state index contributed by atoms with van der Waals surface area (Å²) in [7, 11) is -1.84. The Hall–Kier alpha value is -1.97. The Morgan fingerprint density at radius 1 is 1.39 bits per heavy atom. The fraction of sp³-hybridized carbons (Fsp3) is 0.636. The number of amides is 1. The van der Waals surface area contributed by atoms with Crippen LogP contribution in [0.2, 0.25) is 0 Å². The lowest BCUT2D eigenvalue weighted by Crippen LogP contribution is -2.47. The molecule has 0 spiro atoms. The van der Waals surface area contributed by atoms with E-state index in [4.69, 9.17) is 9.47 Å². The van der Waals surface area contributed by atoms with Gasteiger partial charge in [0.25, 0.3) is 5.91 Å². The molecule has 0 N–H and O–H groups in total. The maximum absolute atomic E-state index is 13.4. The molecule has 1 atom stereocenters. The molecule has 8 nitrogen and oxygen atoms in total. The Morgan fingerprint density at radius 2 is 2.16 bits per heavy atom. The highest BCUT2D eigenvalue weighted by Crippen LogP contribution is 2.38. The number of fused-ring (bicyclic) bond motifs is 1. The standard InChI is InChI=1S/C22H33N3O5S/c1-5-6-9-19-17(3)21-18(15-31(19,27)28)20(23-25(21)10-7-8-12-29-4)22(26)24-11-13-30-14-16(24)2/h5,16H,1,6-15H2,2-4H3. The molecular weight excluding hydrogens is 418 g/mol. The summed E-state index contributed by atoms with van der Waals surface area (Å²) in [6.07, 6.45) is 4.41. The molecule has 2 aliphatic rings. The molecule has 0 bridgehead atoms. The largest absolute Gasteiger partial charge is 0.385 e. The molecule has 0 aliphatic carbocycles. The molecule has 3 rings (SSSR count). The number of aromatic nitrogens is 2. The van der Waals surface area contributed by atoms with Crippen molar-refractivity contribution in [3.63, 3.8) is 0 Å². The smallest absolute Gasteiger partial charge is 0.275 e. The van der Waals surface area contributed by atoms with Gasteiger partial charge in [-0.1, -0.05) is 6.08 Å². The number of ether oxygens (including phenoxy) is 2. The summed E-state index contributed by atoms with van der Waals surface area (Å²) in [6, 6.07) is -0.0799. The van der Waals surface area contributed by atoms with E-state index in [2.05, 4.69) is 11.7 Å². The molecule has 1 amide bonds. The zero-order valence-electron chi connectivity index (χ0n) is 18.7. The van der Waals surface area contributed by atoms with Gasteiger partial charge in [-0.2, -0.15) is 5.10 Å². The minimum Gasteiger partial charge on any atom is -0.385 e. The van der Waals surface area contributed by atoms with E-state index in [1.807, 2.05) is 18.5 Å². The number of carbonyl (C=O) groups excluding carboxylic acids is 1. The van der Waals surface area contributed by atoms with Crippen LogP contribution in [0.25, 0.3) is 5.57 Å². The Balaban J connectivity index is 2.05. The number of unbranched alkanes of at least 4 members (excludes halogenated alkanes) is 1. The van der Waals surface area contributed by atoms with Gasteiger partial charge in [-0.25, -0.2) is 8.42 Å². The van der Waals surface area contributed by atoms with Gasteiger partial charge in [-0.15, -0.1) is 6.58 Å². The predicted octanol–water partition coefficient (Wildman–Crippen LogP) is 2.80. The average molecular weight is 452 g/mol. The molecule has 0 saturated carbocycles. The highest BCUT2D eigenvalue weighted by molar-refractivity contribution is 7.94. The first kappa shape index (κ1) is 23.7. The fourth-order valence-corrected chi connectivity index (χ4v) is 6.10. The summed E-state index contributed by atoms with van der Waals surface area (Å²) >= 11 is 0. The third kappa shape index (κ3) is 4.94. The zero-order valence-corrected chi connectivity index (χ0v) is 19.5.